The molecule has 0 heterocycles. The van der Waals surface area contributed by atoms with Gasteiger partial charge >= 0.3 is 8.56 Å². The maximum absolute atomic E-state index is 11.3. The normalized spacial score (nSPS) is 11.4. The van der Waals surface area contributed by atoms with E-state index in [1.165, 1.54) is 13.8 Å². The summed E-state index contributed by atoms with van der Waals surface area (Å²) in [7, 11) is -3.23. The van der Waals surface area contributed by atoms with Gasteiger partial charge in [0.25, 0.3) is 0 Å². The summed E-state index contributed by atoms with van der Waals surface area (Å²) in [6.07, 6.45) is 0. The molecule has 0 radical (unpaired) electrons. The molecule has 5 heteroatoms. The zero-order chi connectivity index (χ0) is 10.5. The molecule has 13 heavy (non-hydrogen) atoms. The Morgan fingerprint density at radius 1 is 1.00 bits per heavy atom. The molecule has 4 nitrogen and oxygen atoms in total. The van der Waals surface area contributed by atoms with Gasteiger partial charge in [0.2, 0.25) is 0 Å². The Labute approximate surface area is 79.5 Å². The minimum atomic E-state index is -3.23. The Balaban J connectivity index is 4.80. The molecule has 0 N–H and O–H groups in total. The van der Waals surface area contributed by atoms with Crippen molar-refractivity contribution >= 4 is 19.4 Å². The Bertz CT molecular complexity index is 180. The van der Waals surface area contributed by atoms with Crippen molar-refractivity contribution in [3.05, 3.63) is 0 Å². The molecule has 0 spiro atoms. The third-order valence-corrected chi connectivity index (χ3v) is 4.87. The lowest BCUT2D eigenvalue weighted by molar-refractivity contribution is -0.120. The zero-order valence-corrected chi connectivity index (χ0v) is 9.55. The number of carbonyl (C=O) groups excluding carboxylic acids is 2. The molecule has 0 aromatic heterocycles. The highest BCUT2D eigenvalue weighted by Gasteiger charge is 2.49. The van der Waals surface area contributed by atoms with E-state index in [1.54, 1.807) is 13.8 Å². The first kappa shape index (κ1) is 12.5. The van der Waals surface area contributed by atoms with Crippen molar-refractivity contribution in [2.45, 2.75) is 27.7 Å². The molecule has 0 saturated carbocycles. The molecule has 0 bridgehead atoms. The highest BCUT2D eigenvalue weighted by Crippen LogP contribution is 2.10. The standard InChI is InChI=1S/C8H16O4Si/c1-5-11-13(7(3)9,8(4)10)12-6-2/h5-6H2,1-4H3. The average Bonchev–Trinajstić information content (AvgIpc) is 2.03. The predicted molar refractivity (Wildman–Crippen MR) is 50.4 cm³/mol. The molecule has 0 amide bonds. The summed E-state index contributed by atoms with van der Waals surface area (Å²) < 4.78 is 10.4. The molecule has 0 fully saturated rings. The van der Waals surface area contributed by atoms with E-state index >= 15 is 0 Å². The molecule has 0 aliphatic rings. The van der Waals surface area contributed by atoms with Gasteiger partial charge in [-0.15, -0.1) is 0 Å². The third-order valence-electron chi connectivity index (χ3n) is 1.62. The number of hydrogen-bond acceptors (Lipinski definition) is 4. The number of hydrogen-bond donors (Lipinski definition) is 0. The summed E-state index contributed by atoms with van der Waals surface area (Å²) in [6, 6.07) is 0. The van der Waals surface area contributed by atoms with E-state index in [-0.39, 0.29) is 10.8 Å². The van der Waals surface area contributed by atoms with Crippen molar-refractivity contribution in [3.63, 3.8) is 0 Å². The van der Waals surface area contributed by atoms with Crippen LogP contribution in [0.4, 0.5) is 0 Å². The van der Waals surface area contributed by atoms with Crippen LogP contribution in [0.15, 0.2) is 0 Å². The maximum atomic E-state index is 11.3. The predicted octanol–water partition coefficient (Wildman–Crippen LogP) is 0.758. The van der Waals surface area contributed by atoms with Crippen molar-refractivity contribution in [2.75, 3.05) is 13.2 Å². The second kappa shape index (κ2) is 5.26. The lowest BCUT2D eigenvalue weighted by Gasteiger charge is -2.23. The average molecular weight is 204 g/mol. The fourth-order valence-corrected chi connectivity index (χ4v) is 3.31. The molecule has 0 rings (SSSR count). The fraction of sp³-hybridized carbons (Fsp3) is 0.750. The van der Waals surface area contributed by atoms with Crippen molar-refractivity contribution in [3.8, 4) is 0 Å². The molecule has 76 valence electrons. The van der Waals surface area contributed by atoms with Gasteiger partial charge in [-0.05, 0) is 27.7 Å². The van der Waals surface area contributed by atoms with Crippen LogP contribution in [0.2, 0.25) is 0 Å². The van der Waals surface area contributed by atoms with Crippen LogP contribution in [0.1, 0.15) is 27.7 Å². The second-order valence-electron chi connectivity index (χ2n) is 2.59. The van der Waals surface area contributed by atoms with Gasteiger partial charge < -0.3 is 8.85 Å². The Morgan fingerprint density at radius 3 is 1.46 bits per heavy atom. The lowest BCUT2D eigenvalue weighted by atomic mass is 10.9. The summed E-state index contributed by atoms with van der Waals surface area (Å²) in [5.41, 5.74) is 0. The van der Waals surface area contributed by atoms with Gasteiger partial charge in [-0.2, -0.15) is 0 Å². The minimum absolute atomic E-state index is 0.274. The van der Waals surface area contributed by atoms with Gasteiger partial charge in [0.1, 0.15) is 0 Å². The monoisotopic (exact) mass is 204 g/mol. The van der Waals surface area contributed by atoms with E-state index in [0.29, 0.717) is 13.2 Å². The van der Waals surface area contributed by atoms with E-state index in [2.05, 4.69) is 0 Å². The first-order valence-electron chi connectivity index (χ1n) is 4.31. The summed E-state index contributed by atoms with van der Waals surface area (Å²) in [5.74, 6) is 0. The lowest BCUT2D eigenvalue weighted by Crippen LogP contribution is -2.56. The summed E-state index contributed by atoms with van der Waals surface area (Å²) in [5, 5.41) is -0.549. The summed E-state index contributed by atoms with van der Waals surface area (Å²) in [6.45, 7) is 6.83. The van der Waals surface area contributed by atoms with Gasteiger partial charge in [0.15, 0.2) is 10.8 Å². The largest absolute Gasteiger partial charge is 0.480 e. The maximum Gasteiger partial charge on any atom is 0.480 e. The van der Waals surface area contributed by atoms with E-state index in [0.717, 1.165) is 0 Å². The van der Waals surface area contributed by atoms with Crippen LogP contribution in [0.3, 0.4) is 0 Å². The molecule has 0 aliphatic carbocycles. The Morgan fingerprint density at radius 2 is 1.31 bits per heavy atom. The Kier molecular flexibility index (Phi) is 5.05. The molecule has 0 aromatic carbocycles. The number of rotatable bonds is 6. The van der Waals surface area contributed by atoms with Gasteiger partial charge in [0, 0.05) is 13.2 Å². The van der Waals surface area contributed by atoms with Gasteiger partial charge in [0.05, 0.1) is 0 Å². The molecule has 0 unspecified atom stereocenters. The van der Waals surface area contributed by atoms with Crippen molar-refractivity contribution in [1.82, 2.24) is 0 Å². The van der Waals surface area contributed by atoms with E-state index in [1.807, 2.05) is 0 Å². The SMILES string of the molecule is CCO[Si](OCC)(C(C)=O)C(C)=O. The first-order chi connectivity index (χ1) is 6.01. The molecule has 0 atom stereocenters. The molecule has 0 aromatic rings. The fourth-order valence-electron chi connectivity index (χ4n) is 1.10. The van der Waals surface area contributed by atoms with Crippen LogP contribution in [0, 0.1) is 0 Å². The van der Waals surface area contributed by atoms with Crippen molar-refractivity contribution < 1.29 is 18.4 Å². The van der Waals surface area contributed by atoms with Crippen LogP contribution >= 0.6 is 0 Å². The topological polar surface area (TPSA) is 52.6 Å². The van der Waals surface area contributed by atoms with E-state index < -0.39 is 8.56 Å². The minimum Gasteiger partial charge on any atom is -0.385 e. The van der Waals surface area contributed by atoms with Crippen molar-refractivity contribution in [2.24, 2.45) is 0 Å². The Hall–Kier alpha value is -0.523. The van der Waals surface area contributed by atoms with Gasteiger partial charge in [-0.25, -0.2) is 0 Å². The summed E-state index contributed by atoms with van der Waals surface area (Å²) >= 11 is 0. The third kappa shape index (κ3) is 2.72. The smallest absolute Gasteiger partial charge is 0.385 e. The molecule has 0 saturated heterocycles. The van der Waals surface area contributed by atoms with Crippen LogP contribution in [-0.2, 0) is 18.4 Å². The molecular formula is C8H16O4Si. The first-order valence-corrected chi connectivity index (χ1v) is 6.12. The van der Waals surface area contributed by atoms with E-state index in [4.69, 9.17) is 8.85 Å². The van der Waals surface area contributed by atoms with Crippen LogP contribution in [0.25, 0.3) is 0 Å². The van der Waals surface area contributed by atoms with Crippen molar-refractivity contribution in [1.29, 1.82) is 0 Å². The van der Waals surface area contributed by atoms with Gasteiger partial charge in [-0.3, -0.25) is 9.59 Å². The number of carbonyl (C=O) groups is 2. The zero-order valence-electron chi connectivity index (χ0n) is 8.55. The van der Waals surface area contributed by atoms with Crippen LogP contribution in [0.5, 0.6) is 0 Å². The highest BCUT2D eigenvalue weighted by atomic mass is 28.4. The quantitative estimate of drug-likeness (QED) is 0.599. The van der Waals surface area contributed by atoms with E-state index in [9.17, 15) is 9.59 Å². The van der Waals surface area contributed by atoms with Crippen LogP contribution in [-0.4, -0.2) is 32.6 Å². The molecule has 0 aliphatic heterocycles. The summed E-state index contributed by atoms with van der Waals surface area (Å²) in [4.78, 5) is 22.6. The molecular weight excluding hydrogens is 188 g/mol. The highest BCUT2D eigenvalue weighted by molar-refractivity contribution is 7.17. The van der Waals surface area contributed by atoms with Crippen LogP contribution < -0.4 is 0 Å². The second-order valence-corrected chi connectivity index (χ2v) is 5.81. The van der Waals surface area contributed by atoms with Gasteiger partial charge in [-0.1, -0.05) is 0 Å².